The lowest BCUT2D eigenvalue weighted by Gasteiger charge is -2.33. The highest BCUT2D eigenvalue weighted by Crippen LogP contribution is 2.27. The first-order valence-corrected chi connectivity index (χ1v) is 7.55. The molecular formula is C16H25N3O. The Balaban J connectivity index is 2.06. The molecule has 0 N–H and O–H groups in total. The van der Waals surface area contributed by atoms with Gasteiger partial charge in [0.25, 0.3) is 0 Å². The van der Waals surface area contributed by atoms with E-state index in [1.165, 1.54) is 0 Å². The van der Waals surface area contributed by atoms with Gasteiger partial charge < -0.3 is 9.47 Å². The fourth-order valence-electron chi connectivity index (χ4n) is 2.84. The van der Waals surface area contributed by atoms with E-state index in [-0.39, 0.29) is 5.91 Å². The van der Waals surface area contributed by atoms with E-state index in [0.29, 0.717) is 18.4 Å². The van der Waals surface area contributed by atoms with Crippen LogP contribution in [0.1, 0.15) is 57.8 Å². The molecule has 1 saturated heterocycles. The average molecular weight is 275 g/mol. The summed E-state index contributed by atoms with van der Waals surface area (Å²) in [6, 6.07) is 0.418. The number of carbonyl (C=O) groups excluding carboxylic acids is 1. The molecule has 0 radical (unpaired) electrons. The van der Waals surface area contributed by atoms with Crippen LogP contribution in [-0.2, 0) is 4.79 Å². The zero-order valence-electron chi connectivity index (χ0n) is 12.7. The number of hydrogen-bond acceptors (Lipinski definition) is 2. The standard InChI is InChI=1S/C16H25N3O/c1-4-5-8-15(20)18-10-6-7-14(12-18)16-17-9-11-19(16)13(2)3/h4-5,9,11,13-14H,6-8,10,12H2,1-3H3/b5-4+/t14-/m0/s1. The number of aromatic nitrogens is 2. The van der Waals surface area contributed by atoms with Crippen molar-refractivity contribution >= 4 is 5.91 Å². The Morgan fingerprint density at radius 3 is 3.05 bits per heavy atom. The molecule has 1 atom stereocenters. The van der Waals surface area contributed by atoms with Gasteiger partial charge in [0.2, 0.25) is 5.91 Å². The van der Waals surface area contributed by atoms with E-state index in [1.807, 2.05) is 36.4 Å². The number of likely N-dealkylation sites (tertiary alicyclic amines) is 1. The Hall–Kier alpha value is -1.58. The Labute approximate surface area is 121 Å². The summed E-state index contributed by atoms with van der Waals surface area (Å²) in [5, 5.41) is 0. The van der Waals surface area contributed by atoms with Gasteiger partial charge in [-0.3, -0.25) is 4.79 Å². The van der Waals surface area contributed by atoms with Crippen molar-refractivity contribution in [2.45, 2.75) is 52.0 Å². The van der Waals surface area contributed by atoms with Crippen LogP contribution in [0.15, 0.2) is 24.5 Å². The zero-order valence-corrected chi connectivity index (χ0v) is 12.7. The maximum atomic E-state index is 12.1. The number of amides is 1. The van der Waals surface area contributed by atoms with E-state index in [9.17, 15) is 4.79 Å². The number of rotatable bonds is 4. The molecule has 1 aliphatic rings. The lowest BCUT2D eigenvalue weighted by Crippen LogP contribution is -2.39. The quantitative estimate of drug-likeness (QED) is 0.792. The lowest BCUT2D eigenvalue weighted by molar-refractivity contribution is -0.131. The van der Waals surface area contributed by atoms with Gasteiger partial charge >= 0.3 is 0 Å². The molecule has 0 aromatic carbocycles. The molecule has 110 valence electrons. The Bertz CT molecular complexity index is 476. The number of imidazole rings is 1. The smallest absolute Gasteiger partial charge is 0.226 e. The highest BCUT2D eigenvalue weighted by molar-refractivity contribution is 5.77. The molecule has 2 rings (SSSR count). The predicted molar refractivity (Wildman–Crippen MR) is 80.6 cm³/mol. The van der Waals surface area contributed by atoms with Crippen LogP contribution < -0.4 is 0 Å². The van der Waals surface area contributed by atoms with Crippen LogP contribution in [0.5, 0.6) is 0 Å². The highest BCUT2D eigenvalue weighted by atomic mass is 16.2. The molecule has 1 fully saturated rings. The number of hydrogen-bond donors (Lipinski definition) is 0. The van der Waals surface area contributed by atoms with E-state index < -0.39 is 0 Å². The predicted octanol–water partition coefficient (Wildman–Crippen LogP) is 3.14. The van der Waals surface area contributed by atoms with Crippen molar-refractivity contribution < 1.29 is 4.79 Å². The first kappa shape index (κ1) is 14.8. The molecule has 2 heterocycles. The molecule has 20 heavy (non-hydrogen) atoms. The van der Waals surface area contributed by atoms with Gasteiger partial charge in [-0.05, 0) is 33.6 Å². The fourth-order valence-corrected chi connectivity index (χ4v) is 2.84. The molecule has 1 amide bonds. The van der Waals surface area contributed by atoms with Gasteiger partial charge in [-0.25, -0.2) is 4.98 Å². The van der Waals surface area contributed by atoms with Crippen LogP contribution in [0, 0.1) is 0 Å². The van der Waals surface area contributed by atoms with E-state index >= 15 is 0 Å². The Morgan fingerprint density at radius 1 is 1.55 bits per heavy atom. The van der Waals surface area contributed by atoms with Gasteiger partial charge in [-0.15, -0.1) is 0 Å². The topological polar surface area (TPSA) is 38.1 Å². The minimum absolute atomic E-state index is 0.232. The number of allylic oxidation sites excluding steroid dienone is 1. The van der Waals surface area contributed by atoms with Crippen molar-refractivity contribution in [3.05, 3.63) is 30.4 Å². The van der Waals surface area contributed by atoms with Crippen LogP contribution >= 0.6 is 0 Å². The van der Waals surface area contributed by atoms with Crippen molar-refractivity contribution in [2.24, 2.45) is 0 Å². The summed E-state index contributed by atoms with van der Waals surface area (Å²) in [4.78, 5) is 18.7. The van der Waals surface area contributed by atoms with Gasteiger partial charge in [0.05, 0.1) is 0 Å². The summed E-state index contributed by atoms with van der Waals surface area (Å²) in [5.41, 5.74) is 0. The molecule has 0 bridgehead atoms. The van der Waals surface area contributed by atoms with Crippen molar-refractivity contribution in [2.75, 3.05) is 13.1 Å². The van der Waals surface area contributed by atoms with Gasteiger partial charge in [-0.1, -0.05) is 12.2 Å². The third kappa shape index (κ3) is 3.30. The fraction of sp³-hybridized carbons (Fsp3) is 0.625. The molecule has 1 aliphatic heterocycles. The zero-order chi connectivity index (χ0) is 14.5. The summed E-state index contributed by atoms with van der Waals surface area (Å²) in [5.74, 6) is 1.73. The normalized spacial score (nSPS) is 20.0. The second-order valence-electron chi connectivity index (χ2n) is 5.74. The minimum atomic E-state index is 0.232. The summed E-state index contributed by atoms with van der Waals surface area (Å²) >= 11 is 0. The molecule has 1 aromatic rings. The summed E-state index contributed by atoms with van der Waals surface area (Å²) in [6.45, 7) is 7.98. The molecule has 0 aliphatic carbocycles. The summed E-state index contributed by atoms with van der Waals surface area (Å²) in [6.07, 6.45) is 10.5. The number of nitrogens with zero attached hydrogens (tertiary/aromatic N) is 3. The molecule has 1 aromatic heterocycles. The van der Waals surface area contributed by atoms with Crippen LogP contribution in [0.25, 0.3) is 0 Å². The number of piperidine rings is 1. The van der Waals surface area contributed by atoms with Crippen LogP contribution in [0.2, 0.25) is 0 Å². The van der Waals surface area contributed by atoms with Crippen molar-refractivity contribution in [1.82, 2.24) is 14.5 Å². The van der Waals surface area contributed by atoms with Crippen molar-refractivity contribution in [3.63, 3.8) is 0 Å². The second-order valence-corrected chi connectivity index (χ2v) is 5.74. The second kappa shape index (κ2) is 6.73. The van der Waals surface area contributed by atoms with Crippen LogP contribution in [-0.4, -0.2) is 33.4 Å². The minimum Gasteiger partial charge on any atom is -0.342 e. The molecule has 0 saturated carbocycles. The maximum Gasteiger partial charge on any atom is 0.226 e. The SMILES string of the molecule is C/C=C/CC(=O)N1CCC[C@H](c2nccn2C(C)C)C1. The highest BCUT2D eigenvalue weighted by Gasteiger charge is 2.27. The molecule has 0 spiro atoms. The maximum absolute atomic E-state index is 12.1. The largest absolute Gasteiger partial charge is 0.342 e. The molecular weight excluding hydrogens is 250 g/mol. The summed E-state index contributed by atoms with van der Waals surface area (Å²) < 4.78 is 2.23. The Morgan fingerprint density at radius 2 is 2.35 bits per heavy atom. The van der Waals surface area contributed by atoms with Crippen LogP contribution in [0.3, 0.4) is 0 Å². The van der Waals surface area contributed by atoms with E-state index in [2.05, 4.69) is 23.4 Å². The first-order chi connectivity index (χ1) is 9.63. The van der Waals surface area contributed by atoms with Crippen molar-refractivity contribution in [3.8, 4) is 0 Å². The Kier molecular flexibility index (Phi) is 4.99. The molecule has 4 heteroatoms. The van der Waals surface area contributed by atoms with Gasteiger partial charge in [0, 0.05) is 43.9 Å². The van der Waals surface area contributed by atoms with Crippen LogP contribution in [0.4, 0.5) is 0 Å². The van der Waals surface area contributed by atoms with Gasteiger partial charge in [-0.2, -0.15) is 0 Å². The number of carbonyl (C=O) groups is 1. The van der Waals surface area contributed by atoms with Gasteiger partial charge in [0.15, 0.2) is 0 Å². The average Bonchev–Trinajstić information content (AvgIpc) is 2.94. The van der Waals surface area contributed by atoms with Crippen molar-refractivity contribution in [1.29, 1.82) is 0 Å². The third-order valence-corrected chi connectivity index (χ3v) is 3.92. The van der Waals surface area contributed by atoms with E-state index in [4.69, 9.17) is 0 Å². The summed E-state index contributed by atoms with van der Waals surface area (Å²) in [7, 11) is 0. The lowest BCUT2D eigenvalue weighted by atomic mass is 9.96. The molecule has 4 nitrogen and oxygen atoms in total. The first-order valence-electron chi connectivity index (χ1n) is 7.55. The third-order valence-electron chi connectivity index (χ3n) is 3.92. The van der Waals surface area contributed by atoms with E-state index in [1.54, 1.807) is 0 Å². The van der Waals surface area contributed by atoms with E-state index in [0.717, 1.165) is 31.8 Å². The monoisotopic (exact) mass is 275 g/mol. The molecule has 0 unspecified atom stereocenters. The van der Waals surface area contributed by atoms with Gasteiger partial charge in [0.1, 0.15) is 5.82 Å².